The van der Waals surface area contributed by atoms with E-state index in [9.17, 15) is 9.59 Å². The first kappa shape index (κ1) is 15.9. The molecule has 2 N–H and O–H groups in total. The van der Waals surface area contributed by atoms with Gasteiger partial charge in [0.15, 0.2) is 0 Å². The van der Waals surface area contributed by atoms with Gasteiger partial charge in [-0.15, -0.1) is 0 Å². The molecule has 20 heavy (non-hydrogen) atoms. The monoisotopic (exact) mass is 281 g/mol. The number of nitrogens with zero attached hydrogens (tertiary/aromatic N) is 2. The summed E-state index contributed by atoms with van der Waals surface area (Å²) in [5.74, 6) is -0.679. The molecule has 0 aromatic carbocycles. The minimum atomic E-state index is -1.11. The zero-order valence-corrected chi connectivity index (χ0v) is 11.6. The minimum absolute atomic E-state index is 0.301. The molecule has 0 bridgehead atoms. The van der Waals surface area contributed by atoms with Crippen molar-refractivity contribution < 1.29 is 19.4 Å². The fraction of sp³-hybridized carbons (Fsp3) is 0.462. The summed E-state index contributed by atoms with van der Waals surface area (Å²) in [6.45, 7) is 5.01. The zero-order valence-electron chi connectivity index (χ0n) is 11.6. The topological polar surface area (TPSA) is 91.8 Å². The van der Waals surface area contributed by atoms with Gasteiger partial charge in [-0.05, 0) is 26.0 Å². The Morgan fingerprint density at radius 1 is 1.30 bits per heavy atom. The molecule has 110 valence electrons. The van der Waals surface area contributed by atoms with E-state index in [2.05, 4.69) is 19.9 Å². The molecule has 0 aliphatic rings. The van der Waals surface area contributed by atoms with E-state index in [-0.39, 0.29) is 6.61 Å². The zero-order chi connectivity index (χ0) is 15.0. The Bertz CT molecular complexity index is 443. The number of anilines is 2. The van der Waals surface area contributed by atoms with E-state index < -0.39 is 18.5 Å². The summed E-state index contributed by atoms with van der Waals surface area (Å²) >= 11 is 0. The highest BCUT2D eigenvalue weighted by Gasteiger charge is 2.06. The Morgan fingerprint density at radius 2 is 2.00 bits per heavy atom. The first-order valence-corrected chi connectivity index (χ1v) is 6.37. The van der Waals surface area contributed by atoms with Gasteiger partial charge in [-0.25, -0.2) is 9.78 Å². The minimum Gasteiger partial charge on any atom is -0.480 e. The molecule has 1 amide bonds. The van der Waals surface area contributed by atoms with Crippen LogP contribution in [0.3, 0.4) is 0 Å². The number of hydrogen-bond acceptors (Lipinski definition) is 5. The van der Waals surface area contributed by atoms with Crippen molar-refractivity contribution in [2.45, 2.75) is 13.8 Å². The molecule has 7 nitrogen and oxygen atoms in total. The second-order valence-electron chi connectivity index (χ2n) is 4.01. The van der Waals surface area contributed by atoms with Crippen molar-refractivity contribution in [1.82, 2.24) is 4.98 Å². The predicted molar refractivity (Wildman–Crippen MR) is 74.9 cm³/mol. The molecule has 0 atom stereocenters. The largest absolute Gasteiger partial charge is 0.480 e. The van der Waals surface area contributed by atoms with Crippen LogP contribution in [0.1, 0.15) is 13.8 Å². The molecule has 7 heteroatoms. The molecule has 1 aromatic rings. The fourth-order valence-corrected chi connectivity index (χ4v) is 1.62. The summed E-state index contributed by atoms with van der Waals surface area (Å²) in [6.07, 6.45) is 1.56. The van der Waals surface area contributed by atoms with Crippen LogP contribution in [0.15, 0.2) is 18.3 Å². The lowest BCUT2D eigenvalue weighted by molar-refractivity contribution is -0.143. The number of carboxylic acid groups (broad SMARTS) is 1. The van der Waals surface area contributed by atoms with E-state index in [4.69, 9.17) is 5.11 Å². The quantitative estimate of drug-likeness (QED) is 0.737. The van der Waals surface area contributed by atoms with E-state index in [1.165, 1.54) is 0 Å². The van der Waals surface area contributed by atoms with Gasteiger partial charge in [0, 0.05) is 13.1 Å². The van der Waals surface area contributed by atoms with Crippen molar-refractivity contribution in [2.75, 3.05) is 36.5 Å². The van der Waals surface area contributed by atoms with Crippen molar-refractivity contribution in [3.8, 4) is 0 Å². The maximum Gasteiger partial charge on any atom is 0.329 e. The van der Waals surface area contributed by atoms with Crippen LogP contribution in [0.25, 0.3) is 0 Å². The number of pyridine rings is 1. The van der Waals surface area contributed by atoms with Crippen molar-refractivity contribution in [1.29, 1.82) is 0 Å². The molecule has 0 spiro atoms. The average molecular weight is 281 g/mol. The molecular formula is C13H19N3O4. The van der Waals surface area contributed by atoms with E-state index in [0.29, 0.717) is 5.69 Å². The molecule has 1 rings (SSSR count). The highest BCUT2D eigenvalue weighted by atomic mass is 16.5. The molecular weight excluding hydrogens is 262 g/mol. The van der Waals surface area contributed by atoms with Gasteiger partial charge < -0.3 is 20.1 Å². The third-order valence-corrected chi connectivity index (χ3v) is 2.58. The SMILES string of the molecule is CCN(CC)c1ccc(NC(=O)COCC(=O)O)cn1. The number of aliphatic carboxylic acids is 1. The number of amides is 1. The van der Waals surface area contributed by atoms with Crippen LogP contribution >= 0.6 is 0 Å². The maximum atomic E-state index is 11.5. The van der Waals surface area contributed by atoms with Gasteiger partial charge in [-0.3, -0.25) is 4.79 Å². The molecule has 0 saturated carbocycles. The van der Waals surface area contributed by atoms with Crippen LogP contribution in [0.2, 0.25) is 0 Å². The van der Waals surface area contributed by atoms with Crippen LogP contribution in [0, 0.1) is 0 Å². The molecule has 0 saturated heterocycles. The number of carboxylic acids is 1. The van der Waals surface area contributed by atoms with Gasteiger partial charge in [-0.2, -0.15) is 0 Å². The first-order chi connectivity index (χ1) is 9.56. The standard InChI is InChI=1S/C13H19N3O4/c1-3-16(4-2)11-6-5-10(7-14-11)15-12(17)8-20-9-13(18)19/h5-7H,3-4,8-9H2,1-2H3,(H,15,17)(H,18,19). The van der Waals surface area contributed by atoms with E-state index in [1.54, 1.807) is 12.3 Å². The molecule has 1 aromatic heterocycles. The summed E-state index contributed by atoms with van der Waals surface area (Å²) in [5.41, 5.74) is 0.546. The Hall–Kier alpha value is -2.15. The normalized spacial score (nSPS) is 10.1. The summed E-state index contributed by atoms with van der Waals surface area (Å²) in [4.78, 5) is 28.0. The van der Waals surface area contributed by atoms with Gasteiger partial charge in [-0.1, -0.05) is 0 Å². The first-order valence-electron chi connectivity index (χ1n) is 6.37. The molecule has 0 aliphatic heterocycles. The number of aromatic nitrogens is 1. The number of ether oxygens (including phenoxy) is 1. The average Bonchev–Trinajstić information content (AvgIpc) is 2.41. The summed E-state index contributed by atoms with van der Waals surface area (Å²) in [5, 5.41) is 11.0. The lowest BCUT2D eigenvalue weighted by atomic mass is 10.3. The number of nitrogens with one attached hydrogen (secondary N) is 1. The number of carbonyl (C=O) groups is 2. The van der Waals surface area contributed by atoms with Crippen molar-refractivity contribution in [3.05, 3.63) is 18.3 Å². The summed E-state index contributed by atoms with van der Waals surface area (Å²) in [7, 11) is 0. The third-order valence-electron chi connectivity index (χ3n) is 2.58. The Labute approximate surface area is 117 Å². The molecule has 1 heterocycles. The molecule has 0 radical (unpaired) electrons. The van der Waals surface area contributed by atoms with Crippen LogP contribution in [0.4, 0.5) is 11.5 Å². The molecule has 0 unspecified atom stereocenters. The number of carbonyl (C=O) groups excluding carboxylic acids is 1. The van der Waals surface area contributed by atoms with Gasteiger partial charge in [0.25, 0.3) is 0 Å². The second kappa shape index (κ2) is 8.11. The Morgan fingerprint density at radius 3 is 2.50 bits per heavy atom. The van der Waals surface area contributed by atoms with Crippen LogP contribution in [-0.2, 0) is 14.3 Å². The van der Waals surface area contributed by atoms with Gasteiger partial charge >= 0.3 is 5.97 Å². The van der Waals surface area contributed by atoms with E-state index >= 15 is 0 Å². The van der Waals surface area contributed by atoms with Gasteiger partial charge in [0.05, 0.1) is 11.9 Å². The maximum absolute atomic E-state index is 11.5. The van der Waals surface area contributed by atoms with E-state index in [1.807, 2.05) is 19.9 Å². The van der Waals surface area contributed by atoms with Crippen molar-refractivity contribution >= 4 is 23.4 Å². The van der Waals surface area contributed by atoms with Gasteiger partial charge in [0.1, 0.15) is 19.0 Å². The number of rotatable bonds is 8. The highest BCUT2D eigenvalue weighted by molar-refractivity contribution is 5.91. The summed E-state index contributed by atoms with van der Waals surface area (Å²) < 4.78 is 4.69. The van der Waals surface area contributed by atoms with Crippen LogP contribution in [-0.4, -0.2) is 48.3 Å². The Balaban J connectivity index is 2.48. The van der Waals surface area contributed by atoms with Crippen LogP contribution < -0.4 is 10.2 Å². The third kappa shape index (κ3) is 5.23. The second-order valence-corrected chi connectivity index (χ2v) is 4.01. The molecule has 0 aliphatic carbocycles. The fourth-order valence-electron chi connectivity index (χ4n) is 1.62. The van der Waals surface area contributed by atoms with Gasteiger partial charge in [0.2, 0.25) is 5.91 Å². The lowest BCUT2D eigenvalue weighted by Gasteiger charge is -2.19. The molecule has 0 fully saturated rings. The van der Waals surface area contributed by atoms with E-state index in [0.717, 1.165) is 18.9 Å². The Kier molecular flexibility index (Phi) is 6.45. The van der Waals surface area contributed by atoms with Crippen LogP contribution in [0.5, 0.6) is 0 Å². The lowest BCUT2D eigenvalue weighted by Crippen LogP contribution is -2.23. The predicted octanol–water partition coefficient (Wildman–Crippen LogP) is 0.967. The highest BCUT2D eigenvalue weighted by Crippen LogP contribution is 2.13. The number of hydrogen-bond donors (Lipinski definition) is 2. The smallest absolute Gasteiger partial charge is 0.329 e. The van der Waals surface area contributed by atoms with Crippen molar-refractivity contribution in [2.24, 2.45) is 0 Å². The summed E-state index contributed by atoms with van der Waals surface area (Å²) in [6, 6.07) is 3.57. The van der Waals surface area contributed by atoms with Crippen molar-refractivity contribution in [3.63, 3.8) is 0 Å².